The number of nitrogens with zero attached hydrogens (tertiary/aromatic N) is 2. The Morgan fingerprint density at radius 1 is 0.967 bits per heavy atom. The number of likely N-dealkylation sites (N-methyl/N-ethyl adjacent to an activating group) is 1. The summed E-state index contributed by atoms with van der Waals surface area (Å²) in [7, 11) is 2.07. The van der Waals surface area contributed by atoms with Crippen molar-refractivity contribution in [3.8, 4) is 6.07 Å². The lowest BCUT2D eigenvalue weighted by molar-refractivity contribution is 0.215. The molecule has 0 saturated heterocycles. The molecule has 2 aromatic rings. The SMILES string of the molecule is CN(CCCC(C#N)(c1c(F)cccc1F)C1CCCCC1)CCc1ccccc1. The molecule has 0 radical (unpaired) electrons. The maximum atomic E-state index is 14.8. The van der Waals surface area contributed by atoms with Gasteiger partial charge in [0, 0.05) is 12.1 Å². The molecule has 1 aliphatic carbocycles. The Kier molecular flexibility index (Phi) is 7.99. The van der Waals surface area contributed by atoms with Crippen molar-refractivity contribution in [1.82, 2.24) is 4.90 Å². The van der Waals surface area contributed by atoms with Crippen LogP contribution < -0.4 is 0 Å². The van der Waals surface area contributed by atoms with Gasteiger partial charge in [-0.3, -0.25) is 0 Å². The highest BCUT2D eigenvalue weighted by molar-refractivity contribution is 5.36. The summed E-state index contributed by atoms with van der Waals surface area (Å²) in [6.45, 7) is 1.72. The van der Waals surface area contributed by atoms with Gasteiger partial charge in [0.05, 0.1) is 11.5 Å². The quantitative estimate of drug-likeness (QED) is 0.488. The van der Waals surface area contributed by atoms with E-state index in [4.69, 9.17) is 0 Å². The average Bonchev–Trinajstić information content (AvgIpc) is 2.77. The molecule has 0 aliphatic heterocycles. The van der Waals surface area contributed by atoms with E-state index < -0.39 is 17.0 Å². The van der Waals surface area contributed by atoms with Gasteiger partial charge in [-0.05, 0) is 69.3 Å². The first-order valence-corrected chi connectivity index (χ1v) is 11.1. The smallest absolute Gasteiger partial charge is 0.130 e. The van der Waals surface area contributed by atoms with Crippen LogP contribution in [0.5, 0.6) is 0 Å². The molecule has 3 rings (SSSR count). The Morgan fingerprint density at radius 3 is 2.27 bits per heavy atom. The summed E-state index contributed by atoms with van der Waals surface area (Å²) < 4.78 is 29.6. The minimum Gasteiger partial charge on any atom is -0.306 e. The van der Waals surface area contributed by atoms with Crippen LogP contribution in [0, 0.1) is 28.9 Å². The van der Waals surface area contributed by atoms with Crippen LogP contribution in [0.2, 0.25) is 0 Å². The van der Waals surface area contributed by atoms with Gasteiger partial charge in [-0.25, -0.2) is 8.78 Å². The molecule has 1 unspecified atom stereocenters. The number of hydrogen-bond donors (Lipinski definition) is 0. The van der Waals surface area contributed by atoms with Crippen LogP contribution in [0.25, 0.3) is 0 Å². The molecular weight excluding hydrogens is 378 g/mol. The second-order valence-electron chi connectivity index (χ2n) is 8.66. The minimum absolute atomic E-state index is 0.00802. The highest BCUT2D eigenvalue weighted by Crippen LogP contribution is 2.45. The Morgan fingerprint density at radius 2 is 1.63 bits per heavy atom. The van der Waals surface area contributed by atoms with Crippen LogP contribution in [0.3, 0.4) is 0 Å². The third-order valence-corrected chi connectivity index (χ3v) is 6.65. The summed E-state index contributed by atoms with van der Waals surface area (Å²) in [5, 5.41) is 10.3. The largest absolute Gasteiger partial charge is 0.306 e. The number of halogens is 2. The molecule has 2 aromatic carbocycles. The highest BCUT2D eigenvalue weighted by atomic mass is 19.1. The Bertz CT molecular complexity index is 820. The van der Waals surface area contributed by atoms with Crippen molar-refractivity contribution in [2.24, 2.45) is 5.92 Å². The first kappa shape index (κ1) is 22.4. The van der Waals surface area contributed by atoms with E-state index >= 15 is 0 Å². The molecule has 0 amide bonds. The molecule has 1 saturated carbocycles. The molecule has 0 heterocycles. The van der Waals surface area contributed by atoms with Crippen molar-refractivity contribution in [2.45, 2.75) is 56.8 Å². The Labute approximate surface area is 179 Å². The zero-order chi connectivity index (χ0) is 21.4. The first-order valence-electron chi connectivity index (χ1n) is 11.1. The molecule has 0 spiro atoms. The molecule has 1 atom stereocenters. The zero-order valence-corrected chi connectivity index (χ0v) is 17.9. The van der Waals surface area contributed by atoms with Crippen LogP contribution >= 0.6 is 0 Å². The molecule has 0 N–H and O–H groups in total. The fourth-order valence-electron chi connectivity index (χ4n) is 4.96. The molecule has 0 aromatic heterocycles. The van der Waals surface area contributed by atoms with Gasteiger partial charge in [-0.1, -0.05) is 55.7 Å². The maximum absolute atomic E-state index is 14.8. The lowest BCUT2D eigenvalue weighted by Gasteiger charge is -2.38. The summed E-state index contributed by atoms with van der Waals surface area (Å²) in [6.07, 6.45) is 7.12. The number of rotatable bonds is 9. The molecular formula is C26H32F2N2. The van der Waals surface area contributed by atoms with E-state index in [1.807, 2.05) is 18.2 Å². The van der Waals surface area contributed by atoms with Crippen molar-refractivity contribution < 1.29 is 8.78 Å². The Balaban J connectivity index is 1.70. The lowest BCUT2D eigenvalue weighted by Crippen LogP contribution is -2.38. The normalized spacial score (nSPS) is 16.9. The van der Waals surface area contributed by atoms with E-state index in [-0.39, 0.29) is 11.5 Å². The van der Waals surface area contributed by atoms with Crippen molar-refractivity contribution in [2.75, 3.05) is 20.1 Å². The van der Waals surface area contributed by atoms with Crippen LogP contribution in [0.4, 0.5) is 8.78 Å². The topological polar surface area (TPSA) is 27.0 Å². The number of benzene rings is 2. The van der Waals surface area contributed by atoms with E-state index in [0.717, 1.165) is 58.0 Å². The van der Waals surface area contributed by atoms with Crippen molar-refractivity contribution in [3.63, 3.8) is 0 Å². The first-order chi connectivity index (χ1) is 14.6. The summed E-state index contributed by atoms with van der Waals surface area (Å²) >= 11 is 0. The standard InChI is InChI=1S/C26H32F2N2/c1-30(19-16-21-10-4-2-5-11-21)18-9-17-26(20-29,22-12-6-3-7-13-22)25-23(27)14-8-15-24(25)28/h2,4-5,8,10-11,14-15,22H,3,6-7,9,12-13,16-19H2,1H3. The van der Waals surface area contributed by atoms with E-state index in [1.165, 1.54) is 23.8 Å². The monoisotopic (exact) mass is 410 g/mol. The second kappa shape index (κ2) is 10.7. The summed E-state index contributed by atoms with van der Waals surface area (Å²) in [6, 6.07) is 16.7. The van der Waals surface area contributed by atoms with E-state index in [9.17, 15) is 14.0 Å². The lowest BCUT2D eigenvalue weighted by atomic mass is 9.63. The second-order valence-corrected chi connectivity index (χ2v) is 8.66. The van der Waals surface area contributed by atoms with Crippen LogP contribution in [-0.2, 0) is 11.8 Å². The van der Waals surface area contributed by atoms with Gasteiger partial charge in [-0.15, -0.1) is 0 Å². The molecule has 0 bridgehead atoms. The van der Waals surface area contributed by atoms with Gasteiger partial charge in [0.1, 0.15) is 11.6 Å². The summed E-state index contributed by atoms with van der Waals surface area (Å²) in [4.78, 5) is 2.24. The number of nitriles is 1. The predicted molar refractivity (Wildman–Crippen MR) is 117 cm³/mol. The van der Waals surface area contributed by atoms with E-state index in [1.54, 1.807) is 0 Å². The molecule has 2 nitrogen and oxygen atoms in total. The van der Waals surface area contributed by atoms with Crippen molar-refractivity contribution in [3.05, 3.63) is 71.3 Å². The minimum atomic E-state index is -1.09. The van der Waals surface area contributed by atoms with Gasteiger partial charge < -0.3 is 4.90 Å². The molecule has 4 heteroatoms. The molecule has 30 heavy (non-hydrogen) atoms. The molecule has 160 valence electrons. The summed E-state index contributed by atoms with van der Waals surface area (Å²) in [5.74, 6) is -1.16. The predicted octanol–water partition coefficient (Wildman–Crippen LogP) is 6.26. The molecule has 1 aliphatic rings. The zero-order valence-electron chi connectivity index (χ0n) is 17.9. The molecule has 1 fully saturated rings. The maximum Gasteiger partial charge on any atom is 0.130 e. The van der Waals surface area contributed by atoms with Gasteiger partial charge in [-0.2, -0.15) is 5.26 Å². The van der Waals surface area contributed by atoms with Crippen molar-refractivity contribution in [1.29, 1.82) is 5.26 Å². The van der Waals surface area contributed by atoms with Gasteiger partial charge >= 0.3 is 0 Å². The van der Waals surface area contributed by atoms with Gasteiger partial charge in [0.2, 0.25) is 0 Å². The van der Waals surface area contributed by atoms with Gasteiger partial charge in [0.25, 0.3) is 0 Å². The van der Waals surface area contributed by atoms with E-state index in [0.29, 0.717) is 6.42 Å². The third kappa shape index (κ3) is 5.26. The fraction of sp³-hybridized carbons (Fsp3) is 0.500. The Hall–Kier alpha value is -2.25. The highest BCUT2D eigenvalue weighted by Gasteiger charge is 2.44. The van der Waals surface area contributed by atoms with Gasteiger partial charge in [0.15, 0.2) is 0 Å². The van der Waals surface area contributed by atoms with Crippen LogP contribution in [-0.4, -0.2) is 25.0 Å². The average molecular weight is 411 g/mol. The fourth-order valence-corrected chi connectivity index (χ4v) is 4.96. The third-order valence-electron chi connectivity index (χ3n) is 6.65. The summed E-state index contributed by atoms with van der Waals surface area (Å²) in [5.41, 5.74) is 0.202. The van der Waals surface area contributed by atoms with Crippen molar-refractivity contribution >= 4 is 0 Å². The van der Waals surface area contributed by atoms with Crippen LogP contribution in [0.1, 0.15) is 56.1 Å². The van der Waals surface area contributed by atoms with Crippen LogP contribution in [0.15, 0.2) is 48.5 Å². The van der Waals surface area contributed by atoms with E-state index in [2.05, 4.69) is 30.1 Å². The number of hydrogen-bond acceptors (Lipinski definition) is 2.